The molecule has 2 fully saturated rings. The number of carbonyl (C=O) groups is 9. The molecule has 2 aliphatic heterocycles. The van der Waals surface area contributed by atoms with E-state index in [1.807, 2.05) is 72.8 Å². The van der Waals surface area contributed by atoms with Crippen LogP contribution < -0.4 is 26.6 Å². The van der Waals surface area contributed by atoms with Gasteiger partial charge in [-0.3, -0.25) is 24.0 Å². The molecule has 1 radical (unpaired) electrons. The van der Waals surface area contributed by atoms with Crippen LogP contribution in [-0.4, -0.2) is 319 Å². The zero-order chi connectivity index (χ0) is 99.8. The van der Waals surface area contributed by atoms with Crippen molar-refractivity contribution in [1.29, 1.82) is 4.10 Å². The van der Waals surface area contributed by atoms with Crippen molar-refractivity contribution in [1.82, 2.24) is 36.4 Å². The molecule has 0 saturated carbocycles. The van der Waals surface area contributed by atoms with Crippen LogP contribution in [0.25, 0.3) is 33.4 Å². The molecule has 3 aliphatic carbocycles. The molecule has 11 rings (SSSR count). The number of piperidine rings is 2. The Morgan fingerprint density at radius 3 is 1.03 bits per heavy atom. The first kappa shape index (κ1) is 105. The zero-order valence-electron chi connectivity index (χ0n) is 82.4. The average molecular weight is 2110 g/mol. The number of nitrogens with one attached hydrogen (secondary N) is 5. The number of benzene rings is 6. The number of fused-ring (bicyclic) bond motifs is 9. The Hall–Kier alpha value is -8.92. The van der Waals surface area contributed by atoms with Crippen LogP contribution >= 0.6 is 11.6 Å². The molecular weight excluding hydrogens is 1960 g/mol. The predicted octanol–water partition coefficient (Wildman–Crippen LogP) is 9.26. The molecule has 729 valence electrons. The van der Waals surface area contributed by atoms with Crippen LogP contribution in [0.15, 0.2) is 146 Å². The normalized spacial score (nSPS) is 14.6. The van der Waals surface area contributed by atoms with Gasteiger partial charge in [-0.25, -0.2) is 19.2 Å². The molecular formula is C98H138BClN7O25U. The molecule has 2 heterocycles. The van der Waals surface area contributed by atoms with Gasteiger partial charge in [0, 0.05) is 183 Å². The quantitative estimate of drug-likeness (QED) is 0.00735. The molecule has 10 N–H and O–H groups in total. The van der Waals surface area contributed by atoms with Gasteiger partial charge in [-0.15, -0.1) is 11.6 Å². The number of ether oxygens (including phenoxy) is 11. The number of aliphatic hydroxyl groups excluding tert-OH is 4. The van der Waals surface area contributed by atoms with E-state index in [4.69, 9.17) is 65.4 Å². The van der Waals surface area contributed by atoms with E-state index in [1.165, 1.54) is 73.9 Å². The minimum absolute atomic E-state index is 0. The van der Waals surface area contributed by atoms with E-state index < -0.39 is 48.0 Å². The number of rotatable bonds is 54. The maximum atomic E-state index is 12.3. The molecule has 133 heavy (non-hydrogen) atoms. The van der Waals surface area contributed by atoms with E-state index in [-0.39, 0.29) is 138 Å². The second kappa shape index (κ2) is 66.5. The van der Waals surface area contributed by atoms with Gasteiger partial charge in [0.2, 0.25) is 25.1 Å². The summed E-state index contributed by atoms with van der Waals surface area (Å²) in [6, 6.07) is 49.4. The van der Waals surface area contributed by atoms with Crippen molar-refractivity contribution in [2.24, 2.45) is 10.8 Å². The van der Waals surface area contributed by atoms with E-state index in [0.717, 1.165) is 32.1 Å². The number of hydrogen-bond donors (Lipinski definition) is 10. The summed E-state index contributed by atoms with van der Waals surface area (Å²) in [6.07, 6.45) is 6.62. The molecule has 0 aromatic heterocycles. The second-order valence-corrected chi connectivity index (χ2v) is 32.1. The summed E-state index contributed by atoms with van der Waals surface area (Å²) in [5, 5.41) is 54.3. The van der Waals surface area contributed by atoms with Crippen molar-refractivity contribution < 1.29 is 156 Å². The summed E-state index contributed by atoms with van der Waals surface area (Å²) in [5.41, 5.74) is 13.4. The van der Waals surface area contributed by atoms with Crippen LogP contribution in [0, 0.1) is 41.9 Å². The number of carbonyl (C=O) groups excluding carboxylic acids is 8. The van der Waals surface area contributed by atoms with Gasteiger partial charge in [0.15, 0.2) is 5.78 Å². The van der Waals surface area contributed by atoms with E-state index in [0.29, 0.717) is 211 Å². The van der Waals surface area contributed by atoms with Crippen LogP contribution in [0.1, 0.15) is 152 Å². The topological polar surface area (TPSA) is 423 Å². The van der Waals surface area contributed by atoms with Crippen LogP contribution in [-0.2, 0) is 80.9 Å². The third kappa shape index (κ3) is 40.5. The first-order chi connectivity index (χ1) is 67.0. The Labute approximate surface area is 820 Å². The summed E-state index contributed by atoms with van der Waals surface area (Å²) in [6.45, 7) is 8.62. The van der Waals surface area contributed by atoms with Crippen LogP contribution in [0.2, 0.25) is 0 Å². The molecule has 2 saturated heterocycles. The van der Waals surface area contributed by atoms with Crippen LogP contribution in [0.5, 0.6) is 0 Å². The molecule has 5 aliphatic rings. The molecule has 7 amide bonds. The minimum Gasteiger partial charge on any atom is -0.480 e. The maximum Gasteiger partial charge on any atom is 0.407 e. The summed E-state index contributed by atoms with van der Waals surface area (Å²) < 4.78 is 96.4. The number of halogens is 1. The van der Waals surface area contributed by atoms with E-state index in [1.54, 1.807) is 9.80 Å². The number of aliphatic hydroxyl groups is 4. The summed E-state index contributed by atoms with van der Waals surface area (Å²) in [7, 11) is 1.79. The van der Waals surface area contributed by atoms with Crippen LogP contribution in [0.3, 0.4) is 0 Å². The largest absolute Gasteiger partial charge is 0.480 e. The van der Waals surface area contributed by atoms with Crippen molar-refractivity contribution in [3.8, 4) is 33.4 Å². The average Bonchev–Trinajstić information content (AvgIpc) is 1.63. The van der Waals surface area contributed by atoms with Crippen molar-refractivity contribution >= 4 is 73.6 Å². The smallest absolute Gasteiger partial charge is 0.407 e. The number of hydrogen-bond acceptors (Lipinski definition) is 24. The Kier molecular flexibility index (Phi) is 52.3. The molecule has 35 heteroatoms. The third-order valence-electron chi connectivity index (χ3n) is 22.8. The zero-order valence-corrected chi connectivity index (χ0v) is 81.3. The van der Waals surface area contributed by atoms with Gasteiger partial charge in [0.25, 0.3) is 0 Å². The number of ketones is 1. The Morgan fingerprint density at radius 1 is 0.421 bits per heavy atom. The number of alkyl halides is 1. The number of likely N-dealkylation sites (tertiary alicyclic amines) is 2. The molecule has 0 bridgehead atoms. The number of unbranched alkanes of at least 4 members (excludes halogenated alkanes) is 3. The second-order valence-electron chi connectivity index (χ2n) is 32.1. The number of alkyl carbamates (subject to hydrolysis) is 3. The summed E-state index contributed by atoms with van der Waals surface area (Å²) >= 11 is 4.61. The Bertz CT molecular complexity index is 4220. The number of Topliss-reactive ketones (excluding diaryl/α,β-unsaturated/α-hetero) is 1. The van der Waals surface area contributed by atoms with E-state index in [2.05, 4.69) is 116 Å². The fourth-order valence-corrected chi connectivity index (χ4v) is 15.5. The van der Waals surface area contributed by atoms with Gasteiger partial charge in [-0.2, -0.15) is 0 Å². The number of amides is 7. The standard InChI is InChI=1S/C33H45N3O8.C33H45N3O7.C30H39NO9.CH3Cl.CH4O.BH2.U/c37-23-33(24-38)12-16-36(17-13-33)31(40)22-43-21-30(39)34-15-7-19-42-18-6-5-14-35-32(41)44-20-29-27-10-3-1-8-25(27)26-9-2-4-11-28(26)29;1-33(24-37)13-17-36(18-14-33)31(39)23-42-22-30(38)34-16-8-20-41-19-7-6-15-35-32(40)43-21-29-27-11-4-2-9-25(27)26-10-3-5-12-28(26)29;32-23(20-39-22-29(33)34)8-5-6-14-36-16-18-38-19-17-37-15-7-13-31-30(35)40-21-28-26-11-3-1-9-24(26)25-10-2-4-12-27(25)28;2*1-2;;/h1-4,8-11,29,37-38H,5-7,12-24H2,(H,34,39)(H,35,41);2-5,9-12,29,37H,6-8,13-24H2,1H3,(H,34,38)(H,35,40);1-4,9-12,28H,5-8,13-22H2,(H,31,35)(H,33,34);1H3;2H,1H3;1H2;/i;1D;;1TD;2T;1T2;. The fourth-order valence-electron chi connectivity index (χ4n) is 15.5. The van der Waals surface area contributed by atoms with Crippen molar-refractivity contribution in [3.05, 3.63) is 179 Å². The summed E-state index contributed by atoms with van der Waals surface area (Å²) in [5.74, 6) is -2.05. The van der Waals surface area contributed by atoms with Gasteiger partial charge < -0.3 is 114 Å². The van der Waals surface area contributed by atoms with Gasteiger partial charge in [0.1, 0.15) is 59.5 Å². The maximum absolute atomic E-state index is 12.3. The number of carboxylic acid groups (broad SMARTS) is 1. The van der Waals surface area contributed by atoms with Crippen molar-refractivity contribution in [2.75, 3.05) is 218 Å². The van der Waals surface area contributed by atoms with Gasteiger partial charge in [-0.1, -0.05) is 152 Å². The fraction of sp³-hybridized carbons (Fsp3) is 0.541. The van der Waals surface area contributed by atoms with Gasteiger partial charge >= 0.3 is 24.2 Å². The van der Waals surface area contributed by atoms with Crippen molar-refractivity contribution in [3.63, 3.8) is 0 Å². The third-order valence-corrected chi connectivity index (χ3v) is 22.8. The molecule has 1 unspecified atom stereocenters. The van der Waals surface area contributed by atoms with E-state index in [9.17, 15) is 58.5 Å². The monoisotopic (exact) mass is 2110 g/mol. The van der Waals surface area contributed by atoms with Crippen LogP contribution in [0.4, 0.5) is 14.4 Å². The predicted molar refractivity (Wildman–Crippen MR) is 502 cm³/mol. The molecule has 32 nitrogen and oxygen atoms in total. The Morgan fingerprint density at radius 2 is 0.707 bits per heavy atom. The SMILES string of the molecule is O=C(COCC(=O)N1CCC(CO)(CO)CC1)NCCCOCCCCNC(=O)OCC1c2ccccc2-c2ccccc21.O=C(O)COCC(=O)CCCCOCCOCCOCCCNC(=O)OCC1c2ccccc2-c2ccccc21.[2H]C([3H])Cl.[2H]CC1(CO)CCN(C(=O)COCC(=O)NCCCOCCCCNC(=O)OCC2c3ccccc3-c3ccccc32)CC1.[3H]OC.[3H][B][3H].[U]. The molecule has 0 spiro atoms. The molecule has 1 atom stereocenters. The molecule has 6 aromatic carbocycles. The number of aliphatic carboxylic acids is 1. The first-order valence-electron chi connectivity index (χ1n) is 48.4. The van der Waals surface area contributed by atoms with Crippen molar-refractivity contribution in [2.45, 2.75) is 115 Å². The first-order valence-corrected chi connectivity index (χ1v) is 45.4. The molecule has 6 aromatic rings. The number of carboxylic acids is 1. The number of nitrogens with zero attached hydrogens (tertiary/aromatic N) is 2. The van der Waals surface area contributed by atoms with Gasteiger partial charge in [0.05, 0.1) is 48.0 Å². The minimum atomic E-state index is -1.19. The van der Waals surface area contributed by atoms with E-state index >= 15 is 0 Å². The van der Waals surface area contributed by atoms with Gasteiger partial charge in [-0.05, 0) is 158 Å². The summed E-state index contributed by atoms with van der Waals surface area (Å²) in [4.78, 5) is 110. The Balaban J connectivity index is 0.000000349.